The van der Waals surface area contributed by atoms with Crippen LogP contribution in [-0.4, -0.2) is 16.1 Å². The molecular weight excluding hydrogens is 382 g/mol. The second-order valence-electron chi connectivity index (χ2n) is 9.58. The number of rotatable bonds is 10. The topological polar surface area (TPSA) is 9.23 Å². The van der Waals surface area contributed by atoms with Crippen LogP contribution in [0.1, 0.15) is 84.0 Å². The third kappa shape index (κ3) is 7.38. The summed E-state index contributed by atoms with van der Waals surface area (Å²) in [6.07, 6.45) is 17.1. The number of halogens is 2. The summed E-state index contributed by atoms with van der Waals surface area (Å²) >= 11 is 0. The van der Waals surface area contributed by atoms with Gasteiger partial charge in [0.2, 0.25) is 0 Å². The van der Waals surface area contributed by atoms with E-state index in [-0.39, 0.29) is 0 Å². The van der Waals surface area contributed by atoms with Crippen molar-refractivity contribution < 1.29 is 13.5 Å². The van der Waals surface area contributed by atoms with E-state index in [9.17, 15) is 8.78 Å². The first-order chi connectivity index (χ1) is 14.2. The molecule has 0 unspecified atom stereocenters. The monoisotopic (exact) mass is 422 g/mol. The molecule has 4 heteroatoms. The van der Waals surface area contributed by atoms with Crippen LogP contribution in [-0.2, 0) is 0 Å². The number of para-hydroxylation sites is 1. The normalized spacial score (nSPS) is 28.3. The summed E-state index contributed by atoms with van der Waals surface area (Å²) in [5.41, 5.74) is 0. The fourth-order valence-electron chi connectivity index (χ4n) is 5.86. The minimum absolute atomic E-state index is 0.415. The zero-order chi connectivity index (χ0) is 20.5. The molecule has 164 valence electrons. The van der Waals surface area contributed by atoms with Crippen molar-refractivity contribution in [2.75, 3.05) is 0 Å². The van der Waals surface area contributed by atoms with Crippen LogP contribution in [0.5, 0.6) is 5.75 Å². The Morgan fingerprint density at radius 1 is 0.897 bits per heavy atom. The summed E-state index contributed by atoms with van der Waals surface area (Å²) in [5.74, 6) is 4.17. The van der Waals surface area contributed by atoms with Gasteiger partial charge in [0.05, 0.1) is 9.52 Å². The lowest BCUT2D eigenvalue weighted by atomic mass is 9.69. The fraction of sp³-hybridized carbons (Fsp3) is 0.760. The van der Waals surface area contributed by atoms with Gasteiger partial charge in [-0.3, -0.25) is 0 Å². The van der Waals surface area contributed by atoms with Crippen LogP contribution in [0.2, 0.25) is 6.04 Å². The summed E-state index contributed by atoms with van der Waals surface area (Å²) in [7, 11) is -0.544. The quantitative estimate of drug-likeness (QED) is 0.301. The molecule has 0 aliphatic heterocycles. The summed E-state index contributed by atoms with van der Waals surface area (Å²) in [6, 6.07) is 8.68. The lowest BCUT2D eigenvalue weighted by Gasteiger charge is -2.38. The van der Waals surface area contributed by atoms with E-state index >= 15 is 0 Å². The first kappa shape index (κ1) is 22.8. The number of benzene rings is 1. The predicted octanol–water partition coefficient (Wildman–Crippen LogP) is 6.69. The van der Waals surface area contributed by atoms with Crippen molar-refractivity contribution in [1.29, 1.82) is 0 Å². The van der Waals surface area contributed by atoms with Gasteiger partial charge in [-0.2, -0.15) is 8.78 Å². The third-order valence-corrected chi connectivity index (χ3v) is 9.90. The van der Waals surface area contributed by atoms with Crippen LogP contribution in [0.25, 0.3) is 0 Å². The maximum atomic E-state index is 12.6. The van der Waals surface area contributed by atoms with Gasteiger partial charge < -0.3 is 4.74 Å². The van der Waals surface area contributed by atoms with Crippen LogP contribution in [0, 0.1) is 23.7 Å². The Hall–Kier alpha value is -0.903. The Kier molecular flexibility index (Phi) is 9.48. The van der Waals surface area contributed by atoms with Gasteiger partial charge in [-0.25, -0.2) is 0 Å². The Bertz CT molecular complexity index is 578. The van der Waals surface area contributed by atoms with E-state index in [1.54, 1.807) is 12.1 Å². The van der Waals surface area contributed by atoms with Gasteiger partial charge in [0, 0.05) is 0 Å². The van der Waals surface area contributed by atoms with Crippen molar-refractivity contribution in [1.82, 2.24) is 0 Å². The Morgan fingerprint density at radius 2 is 1.52 bits per heavy atom. The molecule has 3 rings (SSSR count). The van der Waals surface area contributed by atoms with Gasteiger partial charge in [-0.15, -0.1) is 0 Å². The second-order valence-corrected chi connectivity index (χ2v) is 11.4. The minimum Gasteiger partial charge on any atom is -0.435 e. The van der Waals surface area contributed by atoms with Crippen LogP contribution in [0.3, 0.4) is 0 Å². The molecule has 0 bridgehead atoms. The van der Waals surface area contributed by atoms with Crippen LogP contribution < -0.4 is 9.92 Å². The maximum Gasteiger partial charge on any atom is 0.387 e. The van der Waals surface area contributed by atoms with Crippen molar-refractivity contribution >= 4 is 14.7 Å². The number of alkyl halides is 2. The molecule has 2 aliphatic rings. The second kappa shape index (κ2) is 12.1. The first-order valence-corrected chi connectivity index (χ1v) is 13.9. The maximum absolute atomic E-state index is 12.6. The van der Waals surface area contributed by atoms with Gasteiger partial charge in [0.15, 0.2) is 0 Å². The highest BCUT2D eigenvalue weighted by molar-refractivity contribution is 6.54. The molecule has 2 fully saturated rings. The molecule has 29 heavy (non-hydrogen) atoms. The van der Waals surface area contributed by atoms with Crippen LogP contribution >= 0.6 is 0 Å². The predicted molar refractivity (Wildman–Crippen MR) is 121 cm³/mol. The third-order valence-electron chi connectivity index (χ3n) is 7.68. The highest BCUT2D eigenvalue weighted by Crippen LogP contribution is 2.42. The van der Waals surface area contributed by atoms with Gasteiger partial charge >= 0.3 is 6.61 Å². The molecule has 0 radical (unpaired) electrons. The van der Waals surface area contributed by atoms with Crippen LogP contribution in [0.15, 0.2) is 24.3 Å². The van der Waals surface area contributed by atoms with Crippen molar-refractivity contribution in [3.05, 3.63) is 24.3 Å². The molecule has 0 N–H and O–H groups in total. The lowest BCUT2D eigenvalue weighted by Crippen LogP contribution is -2.27. The highest BCUT2D eigenvalue weighted by atomic mass is 28.2. The fourth-order valence-corrected chi connectivity index (χ4v) is 7.91. The largest absolute Gasteiger partial charge is 0.435 e. The SMILES string of the molecule is CCCCCC1CCC(C2CCC(C[SiH2]c3ccccc3OC(F)F)CC2)CC1. The van der Waals surface area contributed by atoms with Gasteiger partial charge in [0.25, 0.3) is 0 Å². The van der Waals surface area contributed by atoms with Crippen molar-refractivity contribution in [3.8, 4) is 5.75 Å². The molecular formula is C25H40F2OSi. The Morgan fingerprint density at radius 3 is 2.14 bits per heavy atom. The number of hydrogen-bond donors (Lipinski definition) is 0. The summed E-state index contributed by atoms with van der Waals surface area (Å²) < 4.78 is 29.9. The molecule has 0 heterocycles. The van der Waals surface area contributed by atoms with Crippen molar-refractivity contribution in [2.24, 2.45) is 23.7 Å². The molecule has 0 amide bonds. The van der Waals surface area contributed by atoms with E-state index in [1.165, 1.54) is 83.1 Å². The highest BCUT2D eigenvalue weighted by Gasteiger charge is 2.30. The molecule has 2 saturated carbocycles. The van der Waals surface area contributed by atoms with Gasteiger partial charge in [-0.1, -0.05) is 82.5 Å². The Balaban J connectivity index is 1.36. The standard InChI is InChI=1S/C25H40F2OSi/c1-2-3-4-7-19-10-14-21(15-11-19)22-16-12-20(13-17-22)18-29-24-9-6-5-8-23(24)28-25(26)27/h5-6,8-9,19-22,25H,2-4,7,10-18,29H2,1H3. The Labute approximate surface area is 178 Å². The molecule has 0 atom stereocenters. The number of hydrogen-bond acceptors (Lipinski definition) is 1. The first-order valence-electron chi connectivity index (χ1n) is 12.2. The van der Waals surface area contributed by atoms with E-state index < -0.39 is 16.1 Å². The van der Waals surface area contributed by atoms with E-state index in [0.717, 1.165) is 28.9 Å². The molecule has 0 aromatic heterocycles. The van der Waals surface area contributed by atoms with Crippen molar-refractivity contribution in [3.63, 3.8) is 0 Å². The number of unbranched alkanes of at least 4 members (excludes halogenated alkanes) is 2. The zero-order valence-corrected chi connectivity index (χ0v) is 19.7. The summed E-state index contributed by atoms with van der Waals surface area (Å²) in [6.45, 7) is -0.423. The van der Waals surface area contributed by atoms with E-state index in [1.807, 2.05) is 12.1 Å². The van der Waals surface area contributed by atoms with Crippen LogP contribution in [0.4, 0.5) is 8.78 Å². The van der Waals surface area contributed by atoms with Gasteiger partial charge in [-0.05, 0) is 60.6 Å². The molecule has 2 aliphatic carbocycles. The average Bonchev–Trinajstić information content (AvgIpc) is 2.74. The van der Waals surface area contributed by atoms with E-state index in [0.29, 0.717) is 5.75 Å². The van der Waals surface area contributed by atoms with Crippen molar-refractivity contribution in [2.45, 2.75) is 96.6 Å². The molecule has 1 nitrogen and oxygen atoms in total. The summed E-state index contributed by atoms with van der Waals surface area (Å²) in [4.78, 5) is 0. The van der Waals surface area contributed by atoms with Gasteiger partial charge in [0.1, 0.15) is 5.75 Å². The molecule has 0 spiro atoms. The van der Waals surface area contributed by atoms with E-state index in [2.05, 4.69) is 6.92 Å². The lowest BCUT2D eigenvalue weighted by molar-refractivity contribution is -0.0491. The molecule has 1 aromatic carbocycles. The number of ether oxygens (including phenoxy) is 1. The summed E-state index contributed by atoms with van der Waals surface area (Å²) in [5, 5.41) is 1.07. The smallest absolute Gasteiger partial charge is 0.387 e. The van der Waals surface area contributed by atoms with E-state index in [4.69, 9.17) is 4.74 Å². The minimum atomic E-state index is -2.72. The average molecular weight is 423 g/mol. The zero-order valence-electron chi connectivity index (χ0n) is 18.3. The molecule has 0 saturated heterocycles. The molecule has 1 aromatic rings.